The molecule has 2 aliphatic rings. The maximum absolute atomic E-state index is 13.3. The average molecular weight is 578 g/mol. The van der Waals surface area contributed by atoms with E-state index in [9.17, 15) is 9.90 Å². The van der Waals surface area contributed by atoms with Crippen LogP contribution < -0.4 is 10.2 Å². The molecular formula is C32H47N5O3Si. The van der Waals surface area contributed by atoms with Gasteiger partial charge in [-0.3, -0.25) is 9.48 Å². The molecule has 5 rings (SSSR count). The topological polar surface area (TPSA) is 92.5 Å². The van der Waals surface area contributed by atoms with E-state index in [2.05, 4.69) is 72.1 Å². The van der Waals surface area contributed by atoms with Crippen LogP contribution in [0.2, 0.25) is 18.1 Å². The number of amides is 1. The van der Waals surface area contributed by atoms with Gasteiger partial charge in [0.15, 0.2) is 8.32 Å². The number of pyridine rings is 1. The van der Waals surface area contributed by atoms with Crippen LogP contribution in [0.15, 0.2) is 36.5 Å². The number of nitrogens with one attached hydrogen (secondary N) is 1. The van der Waals surface area contributed by atoms with E-state index in [-0.39, 0.29) is 23.7 Å². The first-order valence-corrected chi connectivity index (χ1v) is 18.2. The van der Waals surface area contributed by atoms with Crippen molar-refractivity contribution < 1.29 is 14.3 Å². The van der Waals surface area contributed by atoms with Crippen molar-refractivity contribution in [1.29, 1.82) is 0 Å². The number of carbonyl (C=O) groups excluding carboxylic acids is 1. The number of piperidine rings is 1. The van der Waals surface area contributed by atoms with Gasteiger partial charge in [-0.25, -0.2) is 4.98 Å². The van der Waals surface area contributed by atoms with Crippen molar-refractivity contribution in [3.05, 3.63) is 47.9 Å². The van der Waals surface area contributed by atoms with Gasteiger partial charge < -0.3 is 19.7 Å². The Kier molecular flexibility index (Phi) is 8.60. The molecule has 1 aromatic carbocycles. The Bertz CT molecular complexity index is 1370. The fraction of sp³-hybridized carbons (Fsp3) is 0.594. The highest BCUT2D eigenvalue weighted by atomic mass is 28.4. The zero-order valence-corrected chi connectivity index (χ0v) is 26.6. The van der Waals surface area contributed by atoms with Gasteiger partial charge in [0.25, 0.3) is 5.91 Å². The highest BCUT2D eigenvalue weighted by Gasteiger charge is 2.40. The number of rotatable bonds is 7. The summed E-state index contributed by atoms with van der Waals surface area (Å²) in [5.41, 5.74) is 3.95. The van der Waals surface area contributed by atoms with Crippen LogP contribution >= 0.6 is 0 Å². The standard InChI is InChI=1S/C32H47N5O3Si/c1-22-8-7-9-27(33-22)31(39)34-29-18-24-20-37(25-12-10-23(21-38)11-13-25)35-28(24)19-30(29)36-16-14-26(15-17-36)40-41(5,6)32(2,3)4/h7-9,18-20,23,25-26,38H,10-17,21H2,1-6H3,(H,34,39). The molecule has 0 spiro atoms. The molecule has 2 aromatic heterocycles. The number of aromatic nitrogens is 3. The third kappa shape index (κ3) is 6.68. The lowest BCUT2D eigenvalue weighted by molar-refractivity contribution is 0.102. The highest BCUT2D eigenvalue weighted by Crippen LogP contribution is 2.40. The summed E-state index contributed by atoms with van der Waals surface area (Å²) >= 11 is 0. The molecule has 1 saturated carbocycles. The lowest BCUT2D eigenvalue weighted by Gasteiger charge is -2.42. The monoisotopic (exact) mass is 577 g/mol. The SMILES string of the molecule is Cc1cccc(C(=O)Nc2cc3cn(C4CCC(CO)CC4)nc3cc2N2CCC(O[Si](C)(C)C(C)(C)C)CC2)n1. The summed E-state index contributed by atoms with van der Waals surface area (Å²) in [7, 11) is -1.83. The molecule has 2 fully saturated rings. The van der Waals surface area contributed by atoms with Crippen LogP contribution in [-0.4, -0.2) is 59.9 Å². The Morgan fingerprint density at radius 3 is 2.44 bits per heavy atom. The summed E-state index contributed by atoms with van der Waals surface area (Å²) < 4.78 is 8.86. The third-order valence-electron chi connectivity index (χ3n) is 9.51. The second kappa shape index (κ2) is 11.9. The fourth-order valence-corrected chi connectivity index (χ4v) is 7.31. The van der Waals surface area contributed by atoms with Crippen molar-refractivity contribution in [2.75, 3.05) is 29.9 Å². The number of fused-ring (bicyclic) bond motifs is 1. The lowest BCUT2D eigenvalue weighted by atomic mass is 9.87. The number of aryl methyl sites for hydroxylation is 1. The second-order valence-corrected chi connectivity index (χ2v) is 18.3. The summed E-state index contributed by atoms with van der Waals surface area (Å²) in [5.74, 6) is 0.198. The van der Waals surface area contributed by atoms with Gasteiger partial charge in [0.1, 0.15) is 5.69 Å². The van der Waals surface area contributed by atoms with Gasteiger partial charge in [-0.05, 0) is 93.8 Å². The summed E-state index contributed by atoms with van der Waals surface area (Å²) in [6.07, 6.45) is 8.40. The largest absolute Gasteiger partial charge is 0.414 e. The van der Waals surface area contributed by atoms with Crippen LogP contribution in [-0.2, 0) is 4.43 Å². The molecule has 3 aromatic rings. The molecule has 8 nitrogen and oxygen atoms in total. The van der Waals surface area contributed by atoms with Gasteiger partial charge in [0.05, 0.1) is 22.9 Å². The molecule has 1 aliphatic heterocycles. The lowest BCUT2D eigenvalue weighted by Crippen LogP contribution is -2.47. The molecule has 0 bridgehead atoms. The minimum Gasteiger partial charge on any atom is -0.414 e. The zero-order valence-electron chi connectivity index (χ0n) is 25.6. The van der Waals surface area contributed by atoms with Crippen molar-refractivity contribution in [2.45, 2.75) is 96.5 Å². The van der Waals surface area contributed by atoms with E-state index in [1.807, 2.05) is 19.1 Å². The molecular weight excluding hydrogens is 530 g/mol. The Labute approximate surface area is 245 Å². The summed E-state index contributed by atoms with van der Waals surface area (Å²) in [6.45, 7) is 15.4. The number of aliphatic hydroxyl groups is 1. The Morgan fingerprint density at radius 2 is 1.80 bits per heavy atom. The van der Waals surface area contributed by atoms with E-state index >= 15 is 0 Å². The van der Waals surface area contributed by atoms with E-state index in [1.54, 1.807) is 6.07 Å². The van der Waals surface area contributed by atoms with Gasteiger partial charge in [-0.15, -0.1) is 0 Å². The molecule has 1 saturated heterocycles. The predicted octanol–water partition coefficient (Wildman–Crippen LogP) is 6.71. The molecule has 2 N–H and O–H groups in total. The molecule has 0 atom stereocenters. The summed E-state index contributed by atoms with van der Waals surface area (Å²) in [5, 5.41) is 18.9. The average Bonchev–Trinajstić information content (AvgIpc) is 3.35. The molecule has 222 valence electrons. The first kappa shape index (κ1) is 29.7. The van der Waals surface area contributed by atoms with Gasteiger partial charge in [0, 0.05) is 43.1 Å². The van der Waals surface area contributed by atoms with Crippen LogP contribution in [0.1, 0.15) is 81.5 Å². The smallest absolute Gasteiger partial charge is 0.274 e. The number of benzene rings is 1. The van der Waals surface area contributed by atoms with Crippen LogP contribution in [0.5, 0.6) is 0 Å². The predicted molar refractivity (Wildman–Crippen MR) is 168 cm³/mol. The normalized spacial score (nSPS) is 20.9. The van der Waals surface area contributed by atoms with E-state index in [0.717, 1.165) is 79.6 Å². The zero-order chi connectivity index (χ0) is 29.4. The number of hydrogen-bond acceptors (Lipinski definition) is 6. The number of aliphatic hydroxyl groups excluding tert-OH is 1. The number of nitrogens with zero attached hydrogens (tertiary/aromatic N) is 4. The van der Waals surface area contributed by atoms with Crippen molar-refractivity contribution in [2.24, 2.45) is 5.92 Å². The second-order valence-electron chi connectivity index (χ2n) is 13.6. The maximum Gasteiger partial charge on any atom is 0.274 e. The van der Waals surface area contributed by atoms with E-state index in [4.69, 9.17) is 9.52 Å². The molecule has 0 radical (unpaired) electrons. The third-order valence-corrected chi connectivity index (χ3v) is 14.0. The number of hydrogen-bond donors (Lipinski definition) is 2. The Balaban J connectivity index is 1.40. The molecule has 0 unspecified atom stereocenters. The first-order valence-electron chi connectivity index (χ1n) is 15.2. The molecule has 1 aliphatic carbocycles. The van der Waals surface area contributed by atoms with Crippen molar-refractivity contribution in [1.82, 2.24) is 14.8 Å². The van der Waals surface area contributed by atoms with E-state index < -0.39 is 8.32 Å². The number of carbonyl (C=O) groups is 1. The van der Waals surface area contributed by atoms with Crippen LogP contribution in [0.4, 0.5) is 11.4 Å². The maximum atomic E-state index is 13.3. The first-order chi connectivity index (χ1) is 19.4. The minimum atomic E-state index is -1.83. The number of anilines is 2. The Morgan fingerprint density at radius 1 is 1.10 bits per heavy atom. The molecule has 41 heavy (non-hydrogen) atoms. The summed E-state index contributed by atoms with van der Waals surface area (Å²) in [4.78, 5) is 20.1. The minimum absolute atomic E-state index is 0.187. The highest BCUT2D eigenvalue weighted by molar-refractivity contribution is 6.74. The van der Waals surface area contributed by atoms with Crippen molar-refractivity contribution in [3.63, 3.8) is 0 Å². The molecule has 3 heterocycles. The summed E-state index contributed by atoms with van der Waals surface area (Å²) in [6, 6.07) is 10.1. The van der Waals surface area contributed by atoms with Crippen LogP contribution in [0.25, 0.3) is 10.9 Å². The van der Waals surface area contributed by atoms with E-state index in [0.29, 0.717) is 17.7 Å². The van der Waals surface area contributed by atoms with Crippen molar-refractivity contribution in [3.8, 4) is 0 Å². The van der Waals surface area contributed by atoms with Crippen LogP contribution in [0.3, 0.4) is 0 Å². The van der Waals surface area contributed by atoms with Crippen molar-refractivity contribution >= 4 is 36.5 Å². The quantitative estimate of drug-likeness (QED) is 0.303. The molecule has 1 amide bonds. The van der Waals surface area contributed by atoms with Gasteiger partial charge in [-0.1, -0.05) is 26.8 Å². The van der Waals surface area contributed by atoms with Gasteiger partial charge in [-0.2, -0.15) is 5.10 Å². The molecule has 9 heteroatoms. The fourth-order valence-electron chi connectivity index (χ4n) is 5.88. The van der Waals surface area contributed by atoms with Crippen LogP contribution in [0, 0.1) is 12.8 Å². The van der Waals surface area contributed by atoms with Gasteiger partial charge >= 0.3 is 0 Å². The van der Waals surface area contributed by atoms with E-state index in [1.165, 1.54) is 0 Å². The van der Waals surface area contributed by atoms with Gasteiger partial charge in [0.2, 0.25) is 0 Å². The Hall–Kier alpha value is -2.75.